The zero-order valence-corrected chi connectivity index (χ0v) is 6.71. The van der Waals surface area contributed by atoms with Crippen molar-refractivity contribution in [3.05, 3.63) is 0 Å². The van der Waals surface area contributed by atoms with Crippen molar-refractivity contribution in [2.45, 2.75) is 26.0 Å². The Kier molecular flexibility index (Phi) is 2.70. The first kappa shape index (κ1) is 8.33. The summed E-state index contributed by atoms with van der Waals surface area (Å²) in [7, 11) is 0. The van der Waals surface area contributed by atoms with Gasteiger partial charge in [0.2, 0.25) is 0 Å². The van der Waals surface area contributed by atoms with Crippen molar-refractivity contribution in [2.24, 2.45) is 0 Å². The van der Waals surface area contributed by atoms with E-state index in [2.05, 4.69) is 5.32 Å². The number of rotatable bonds is 2. The third kappa shape index (κ3) is 1.83. The van der Waals surface area contributed by atoms with Gasteiger partial charge in [0.1, 0.15) is 6.23 Å². The van der Waals surface area contributed by atoms with Crippen LogP contribution in [0.15, 0.2) is 0 Å². The van der Waals surface area contributed by atoms with Crippen LogP contribution in [0.5, 0.6) is 0 Å². The highest BCUT2D eigenvalue weighted by atomic mass is 16.3. The first-order valence-electron chi connectivity index (χ1n) is 3.98. The number of amides is 2. The van der Waals surface area contributed by atoms with Gasteiger partial charge in [0.05, 0.1) is 0 Å². The highest BCUT2D eigenvalue weighted by Gasteiger charge is 2.22. The molecule has 1 aliphatic rings. The quantitative estimate of drug-likeness (QED) is 0.600. The Morgan fingerprint density at radius 3 is 3.09 bits per heavy atom. The van der Waals surface area contributed by atoms with Gasteiger partial charge in [-0.3, -0.25) is 4.90 Å². The number of aliphatic hydroxyl groups is 1. The number of urea groups is 1. The second-order valence-electron chi connectivity index (χ2n) is 2.67. The van der Waals surface area contributed by atoms with Gasteiger partial charge in [-0.25, -0.2) is 4.79 Å². The van der Waals surface area contributed by atoms with Crippen molar-refractivity contribution in [1.82, 2.24) is 10.2 Å². The van der Waals surface area contributed by atoms with E-state index in [1.54, 1.807) is 0 Å². The summed E-state index contributed by atoms with van der Waals surface area (Å²) in [5, 5.41) is 12.0. The Bertz CT molecular complexity index is 149. The Labute approximate surface area is 66.2 Å². The van der Waals surface area contributed by atoms with Crippen LogP contribution in [0.1, 0.15) is 19.8 Å². The molecule has 0 spiro atoms. The minimum atomic E-state index is -0.615. The fraction of sp³-hybridized carbons (Fsp3) is 0.857. The smallest absolute Gasteiger partial charge is 0.319 e. The molecule has 1 rings (SSSR count). The van der Waals surface area contributed by atoms with Gasteiger partial charge in [0, 0.05) is 13.1 Å². The molecular weight excluding hydrogens is 144 g/mol. The Balaban J connectivity index is 2.47. The third-order valence-corrected chi connectivity index (χ3v) is 1.84. The molecule has 1 fully saturated rings. The van der Waals surface area contributed by atoms with Gasteiger partial charge in [-0.05, 0) is 12.8 Å². The summed E-state index contributed by atoms with van der Waals surface area (Å²) in [6.07, 6.45) is 0.895. The highest BCUT2D eigenvalue weighted by Crippen LogP contribution is 2.05. The molecule has 1 heterocycles. The maximum absolute atomic E-state index is 11.0. The van der Waals surface area contributed by atoms with Crippen molar-refractivity contribution in [2.75, 3.05) is 13.1 Å². The number of carbonyl (C=O) groups is 1. The lowest BCUT2D eigenvalue weighted by Gasteiger charge is -2.30. The van der Waals surface area contributed by atoms with E-state index in [-0.39, 0.29) is 6.03 Å². The topological polar surface area (TPSA) is 52.6 Å². The van der Waals surface area contributed by atoms with E-state index < -0.39 is 6.23 Å². The molecule has 0 aliphatic carbocycles. The molecule has 1 atom stereocenters. The van der Waals surface area contributed by atoms with E-state index in [0.29, 0.717) is 13.0 Å². The summed E-state index contributed by atoms with van der Waals surface area (Å²) >= 11 is 0. The lowest BCUT2D eigenvalue weighted by molar-refractivity contribution is 0.0216. The maximum atomic E-state index is 11.0. The van der Waals surface area contributed by atoms with E-state index >= 15 is 0 Å². The molecule has 2 N–H and O–H groups in total. The Hall–Kier alpha value is -0.770. The lowest BCUT2D eigenvalue weighted by Crippen LogP contribution is -2.50. The summed E-state index contributed by atoms with van der Waals surface area (Å²) in [5.41, 5.74) is 0. The highest BCUT2D eigenvalue weighted by molar-refractivity contribution is 5.74. The number of nitrogens with zero attached hydrogens (tertiary/aromatic N) is 1. The zero-order valence-electron chi connectivity index (χ0n) is 6.71. The fourth-order valence-corrected chi connectivity index (χ4v) is 1.15. The molecule has 1 aliphatic heterocycles. The van der Waals surface area contributed by atoms with E-state index in [0.717, 1.165) is 13.0 Å². The molecule has 0 radical (unpaired) electrons. The monoisotopic (exact) mass is 158 g/mol. The van der Waals surface area contributed by atoms with Gasteiger partial charge < -0.3 is 10.4 Å². The second kappa shape index (κ2) is 3.57. The van der Waals surface area contributed by atoms with Crippen LogP contribution in [0, 0.1) is 0 Å². The van der Waals surface area contributed by atoms with Crippen LogP contribution in [-0.4, -0.2) is 35.4 Å². The predicted octanol–water partition coefficient (Wildman–Crippen LogP) is 0.130. The Morgan fingerprint density at radius 2 is 2.55 bits per heavy atom. The summed E-state index contributed by atoms with van der Waals surface area (Å²) < 4.78 is 0. The minimum absolute atomic E-state index is 0.148. The van der Waals surface area contributed by atoms with Crippen LogP contribution in [-0.2, 0) is 0 Å². The summed E-state index contributed by atoms with van der Waals surface area (Å²) in [6.45, 7) is 3.25. The largest absolute Gasteiger partial charge is 0.373 e. The lowest BCUT2D eigenvalue weighted by atomic mass is 10.3. The minimum Gasteiger partial charge on any atom is -0.373 e. The van der Waals surface area contributed by atoms with Crippen molar-refractivity contribution in [3.8, 4) is 0 Å². The molecule has 0 aromatic carbocycles. The molecule has 1 unspecified atom stereocenters. The molecule has 0 aromatic rings. The number of hydrogen-bond acceptors (Lipinski definition) is 2. The Morgan fingerprint density at radius 1 is 1.82 bits per heavy atom. The number of aliphatic hydroxyl groups excluding tert-OH is 1. The van der Waals surface area contributed by atoms with E-state index in [1.165, 1.54) is 4.90 Å². The van der Waals surface area contributed by atoms with Crippen LogP contribution in [0.25, 0.3) is 0 Å². The van der Waals surface area contributed by atoms with Crippen LogP contribution < -0.4 is 5.32 Å². The standard InChI is InChI=1S/C7H14N2O2/c1-2-6(10)9-5-3-4-8-7(9)11/h6,10H,2-5H2,1H3,(H,8,11). The van der Waals surface area contributed by atoms with Gasteiger partial charge in [0.25, 0.3) is 0 Å². The molecule has 11 heavy (non-hydrogen) atoms. The predicted molar refractivity (Wildman–Crippen MR) is 41.0 cm³/mol. The van der Waals surface area contributed by atoms with Gasteiger partial charge in [0.15, 0.2) is 0 Å². The molecule has 1 saturated heterocycles. The molecule has 0 aromatic heterocycles. The fourth-order valence-electron chi connectivity index (χ4n) is 1.15. The average molecular weight is 158 g/mol. The maximum Gasteiger partial charge on any atom is 0.319 e. The molecular formula is C7H14N2O2. The molecule has 4 heteroatoms. The molecule has 4 nitrogen and oxygen atoms in total. The van der Waals surface area contributed by atoms with Gasteiger partial charge in [-0.2, -0.15) is 0 Å². The van der Waals surface area contributed by atoms with E-state index in [1.807, 2.05) is 6.92 Å². The number of hydrogen-bond donors (Lipinski definition) is 2. The number of nitrogens with one attached hydrogen (secondary N) is 1. The van der Waals surface area contributed by atoms with Crippen LogP contribution in [0.3, 0.4) is 0 Å². The molecule has 64 valence electrons. The van der Waals surface area contributed by atoms with E-state index in [4.69, 9.17) is 0 Å². The summed E-state index contributed by atoms with van der Waals surface area (Å²) in [5.74, 6) is 0. The van der Waals surface area contributed by atoms with Crippen molar-refractivity contribution < 1.29 is 9.90 Å². The normalized spacial score (nSPS) is 21.3. The summed E-state index contributed by atoms with van der Waals surface area (Å²) in [6, 6.07) is -0.148. The van der Waals surface area contributed by atoms with Crippen molar-refractivity contribution in [3.63, 3.8) is 0 Å². The average Bonchev–Trinajstić information content (AvgIpc) is 2.04. The van der Waals surface area contributed by atoms with Crippen LogP contribution in [0.4, 0.5) is 4.79 Å². The number of carbonyl (C=O) groups excluding carboxylic acids is 1. The van der Waals surface area contributed by atoms with Crippen molar-refractivity contribution in [1.29, 1.82) is 0 Å². The summed E-state index contributed by atoms with van der Waals surface area (Å²) in [4.78, 5) is 12.5. The third-order valence-electron chi connectivity index (χ3n) is 1.84. The van der Waals surface area contributed by atoms with Gasteiger partial charge >= 0.3 is 6.03 Å². The zero-order chi connectivity index (χ0) is 8.27. The van der Waals surface area contributed by atoms with Gasteiger partial charge in [-0.1, -0.05) is 6.92 Å². The second-order valence-corrected chi connectivity index (χ2v) is 2.67. The van der Waals surface area contributed by atoms with Crippen LogP contribution in [0.2, 0.25) is 0 Å². The SMILES string of the molecule is CCC(O)N1CCCNC1=O. The van der Waals surface area contributed by atoms with Crippen LogP contribution >= 0.6 is 0 Å². The molecule has 2 amide bonds. The molecule has 0 bridgehead atoms. The molecule has 0 saturated carbocycles. The first-order valence-corrected chi connectivity index (χ1v) is 3.98. The van der Waals surface area contributed by atoms with E-state index in [9.17, 15) is 9.90 Å². The van der Waals surface area contributed by atoms with Crippen molar-refractivity contribution >= 4 is 6.03 Å². The van der Waals surface area contributed by atoms with Gasteiger partial charge in [-0.15, -0.1) is 0 Å². The first-order chi connectivity index (χ1) is 5.25.